The Bertz CT molecular complexity index is 443. The second-order valence-electron chi connectivity index (χ2n) is 3.04. The van der Waals surface area contributed by atoms with Crippen molar-refractivity contribution in [2.45, 2.75) is 0 Å². The van der Waals surface area contributed by atoms with Crippen LogP contribution in [-0.4, -0.2) is 29.4 Å². The molecule has 0 heterocycles. The molecule has 0 bridgehead atoms. The van der Waals surface area contributed by atoms with E-state index < -0.39 is 20.3 Å². The first-order valence-electron chi connectivity index (χ1n) is 4.55. The van der Waals surface area contributed by atoms with E-state index in [-0.39, 0.29) is 0 Å². The molecule has 17 heavy (non-hydrogen) atoms. The summed E-state index contributed by atoms with van der Waals surface area (Å²) >= 11 is 0. The highest BCUT2D eigenvalue weighted by molar-refractivity contribution is 7.46. The Hall–Kier alpha value is -1.40. The van der Waals surface area contributed by atoms with Gasteiger partial charge < -0.3 is 19.8 Å². The van der Waals surface area contributed by atoms with Gasteiger partial charge in [-0.1, -0.05) is 6.07 Å². The Balaban J connectivity index is 2.53. The molecule has 0 unspecified atom stereocenters. The molecule has 0 saturated heterocycles. The molecule has 8 heteroatoms. The molecule has 0 saturated carbocycles. The van der Waals surface area contributed by atoms with Crippen molar-refractivity contribution in [1.82, 2.24) is 0 Å². The molecule has 0 aliphatic carbocycles. The second-order valence-corrected chi connectivity index (χ2v) is 4.28. The quantitative estimate of drug-likeness (QED) is 0.675. The van der Waals surface area contributed by atoms with Crippen molar-refractivity contribution >= 4 is 19.4 Å². The lowest BCUT2D eigenvalue weighted by molar-refractivity contribution is -0.118. The molecule has 1 amide bonds. The van der Waals surface area contributed by atoms with E-state index in [9.17, 15) is 9.36 Å². The standard InChI is InChI=1S/C9H12NO6P/c1-15-8-4-2-3-7(5-8)10-9(11)6-16-17(12,13)14/h2-5H,6H2,1H3,(H,10,11)(H2,12,13,14). The predicted molar refractivity (Wildman–Crippen MR) is 59.6 cm³/mol. The van der Waals surface area contributed by atoms with Crippen LogP contribution in [0.15, 0.2) is 24.3 Å². The summed E-state index contributed by atoms with van der Waals surface area (Å²) in [7, 11) is -3.14. The van der Waals surface area contributed by atoms with Crippen molar-refractivity contribution < 1.29 is 28.4 Å². The first kappa shape index (κ1) is 13.7. The van der Waals surface area contributed by atoms with Gasteiger partial charge >= 0.3 is 7.82 Å². The summed E-state index contributed by atoms with van der Waals surface area (Å²) in [6.07, 6.45) is 0. The summed E-state index contributed by atoms with van der Waals surface area (Å²) in [4.78, 5) is 28.0. The summed E-state index contributed by atoms with van der Waals surface area (Å²) in [6, 6.07) is 6.54. The van der Waals surface area contributed by atoms with Crippen molar-refractivity contribution in [3.05, 3.63) is 24.3 Å². The van der Waals surface area contributed by atoms with Gasteiger partial charge in [0, 0.05) is 11.8 Å². The van der Waals surface area contributed by atoms with Gasteiger partial charge in [0.05, 0.1) is 7.11 Å². The lowest BCUT2D eigenvalue weighted by atomic mass is 10.3. The number of amides is 1. The molecule has 0 spiro atoms. The van der Waals surface area contributed by atoms with E-state index in [4.69, 9.17) is 14.5 Å². The van der Waals surface area contributed by atoms with Crippen LogP contribution in [0.1, 0.15) is 0 Å². The van der Waals surface area contributed by atoms with Gasteiger partial charge in [-0.2, -0.15) is 0 Å². The summed E-state index contributed by atoms with van der Waals surface area (Å²) < 4.78 is 19.3. The first-order chi connectivity index (χ1) is 7.90. The van der Waals surface area contributed by atoms with E-state index >= 15 is 0 Å². The van der Waals surface area contributed by atoms with Crippen LogP contribution >= 0.6 is 7.82 Å². The minimum Gasteiger partial charge on any atom is -0.497 e. The average Bonchev–Trinajstić information content (AvgIpc) is 2.26. The molecule has 3 N–H and O–H groups in total. The number of phosphoric acid groups is 1. The van der Waals surface area contributed by atoms with Gasteiger partial charge in [0.25, 0.3) is 5.91 Å². The van der Waals surface area contributed by atoms with Crippen LogP contribution in [-0.2, 0) is 13.9 Å². The Morgan fingerprint density at radius 3 is 2.76 bits per heavy atom. The maximum absolute atomic E-state index is 11.2. The number of phosphoric ester groups is 1. The highest BCUT2D eigenvalue weighted by atomic mass is 31.2. The van der Waals surface area contributed by atoms with Gasteiger partial charge in [-0.15, -0.1) is 0 Å². The zero-order valence-electron chi connectivity index (χ0n) is 8.99. The Labute approximate surface area is 97.6 Å². The number of methoxy groups -OCH3 is 1. The molecular formula is C9H12NO6P. The van der Waals surface area contributed by atoms with E-state index in [1.165, 1.54) is 7.11 Å². The molecule has 1 aromatic carbocycles. The van der Waals surface area contributed by atoms with E-state index in [0.717, 1.165) is 0 Å². The monoisotopic (exact) mass is 261 g/mol. The van der Waals surface area contributed by atoms with E-state index in [0.29, 0.717) is 11.4 Å². The summed E-state index contributed by atoms with van der Waals surface area (Å²) in [5.41, 5.74) is 0.448. The molecule has 0 atom stereocenters. The first-order valence-corrected chi connectivity index (χ1v) is 6.08. The van der Waals surface area contributed by atoms with Crippen LogP contribution in [0.3, 0.4) is 0 Å². The SMILES string of the molecule is COc1cccc(NC(=O)COP(=O)(O)O)c1. The third kappa shape index (κ3) is 5.46. The summed E-state index contributed by atoms with van der Waals surface area (Å²) in [6.45, 7) is -0.721. The lowest BCUT2D eigenvalue weighted by Crippen LogP contribution is -2.17. The zero-order valence-corrected chi connectivity index (χ0v) is 9.89. The number of carbonyl (C=O) groups is 1. The molecule has 0 radical (unpaired) electrons. The molecular weight excluding hydrogens is 249 g/mol. The molecule has 0 aliphatic heterocycles. The Kier molecular flexibility index (Phi) is 4.65. The number of anilines is 1. The van der Waals surface area contributed by atoms with Crippen LogP contribution in [0.25, 0.3) is 0 Å². The van der Waals surface area contributed by atoms with Crippen molar-refractivity contribution in [2.75, 3.05) is 19.0 Å². The minimum absolute atomic E-state index is 0.448. The van der Waals surface area contributed by atoms with Crippen LogP contribution in [0, 0.1) is 0 Å². The maximum atomic E-state index is 11.2. The molecule has 0 aromatic heterocycles. The fraction of sp³-hybridized carbons (Fsp3) is 0.222. The summed E-state index contributed by atoms with van der Waals surface area (Å²) in [5.74, 6) is -0.111. The highest BCUT2D eigenvalue weighted by Gasteiger charge is 2.16. The van der Waals surface area contributed by atoms with E-state index in [1.54, 1.807) is 24.3 Å². The topological polar surface area (TPSA) is 105 Å². The van der Waals surface area contributed by atoms with Gasteiger partial charge in [0.1, 0.15) is 12.4 Å². The fourth-order valence-corrected chi connectivity index (χ4v) is 1.33. The van der Waals surface area contributed by atoms with Gasteiger partial charge in [-0.05, 0) is 12.1 Å². The third-order valence-electron chi connectivity index (χ3n) is 1.72. The highest BCUT2D eigenvalue weighted by Crippen LogP contribution is 2.35. The second kappa shape index (κ2) is 5.79. The largest absolute Gasteiger partial charge is 0.497 e. The van der Waals surface area contributed by atoms with Crippen molar-refractivity contribution in [2.24, 2.45) is 0 Å². The van der Waals surface area contributed by atoms with Crippen molar-refractivity contribution in [3.8, 4) is 5.75 Å². The third-order valence-corrected chi connectivity index (χ3v) is 2.18. The normalized spacial score (nSPS) is 11.0. The molecule has 0 fully saturated rings. The maximum Gasteiger partial charge on any atom is 0.470 e. The van der Waals surface area contributed by atoms with Crippen molar-refractivity contribution in [1.29, 1.82) is 0 Å². The lowest BCUT2D eigenvalue weighted by Gasteiger charge is -2.07. The summed E-state index contributed by atoms with van der Waals surface area (Å²) in [5, 5.41) is 2.40. The molecule has 7 nitrogen and oxygen atoms in total. The number of ether oxygens (including phenoxy) is 1. The van der Waals surface area contributed by atoms with Crippen molar-refractivity contribution in [3.63, 3.8) is 0 Å². The number of hydrogen-bond acceptors (Lipinski definition) is 4. The minimum atomic E-state index is -4.63. The predicted octanol–water partition coefficient (Wildman–Crippen LogP) is 0.743. The Morgan fingerprint density at radius 1 is 1.47 bits per heavy atom. The number of nitrogens with one attached hydrogen (secondary N) is 1. The number of carbonyl (C=O) groups excluding carboxylic acids is 1. The zero-order chi connectivity index (χ0) is 12.9. The van der Waals surface area contributed by atoms with Crippen LogP contribution < -0.4 is 10.1 Å². The van der Waals surface area contributed by atoms with E-state index in [2.05, 4.69) is 9.84 Å². The van der Waals surface area contributed by atoms with Gasteiger partial charge in [-0.3, -0.25) is 9.32 Å². The molecule has 0 aliphatic rings. The molecule has 1 rings (SSSR count). The number of benzene rings is 1. The van der Waals surface area contributed by atoms with E-state index in [1.807, 2.05) is 0 Å². The van der Waals surface area contributed by atoms with Gasteiger partial charge in [0.15, 0.2) is 0 Å². The fourth-order valence-electron chi connectivity index (χ4n) is 1.04. The number of rotatable bonds is 5. The van der Waals surface area contributed by atoms with Crippen LogP contribution in [0.4, 0.5) is 5.69 Å². The molecule has 1 aromatic rings. The van der Waals surface area contributed by atoms with Crippen LogP contribution in [0.5, 0.6) is 5.75 Å². The van der Waals surface area contributed by atoms with Gasteiger partial charge in [0.2, 0.25) is 0 Å². The number of hydrogen-bond donors (Lipinski definition) is 3. The van der Waals surface area contributed by atoms with Crippen LogP contribution in [0.2, 0.25) is 0 Å². The molecule has 94 valence electrons. The average molecular weight is 261 g/mol. The Morgan fingerprint density at radius 2 is 2.18 bits per heavy atom. The van der Waals surface area contributed by atoms with Gasteiger partial charge in [-0.25, -0.2) is 4.57 Å². The smallest absolute Gasteiger partial charge is 0.470 e.